The monoisotopic (exact) mass is 354 g/mol. The highest BCUT2D eigenvalue weighted by Gasteiger charge is 2.16. The number of hydrogen-bond donors (Lipinski definition) is 0. The smallest absolute Gasteiger partial charge is 0.311 e. The van der Waals surface area contributed by atoms with Gasteiger partial charge in [-0.1, -0.05) is 34.1 Å². The summed E-state index contributed by atoms with van der Waals surface area (Å²) in [6.07, 6.45) is 2.74. The number of halogens is 1. The first-order chi connectivity index (χ1) is 10.0. The van der Waals surface area contributed by atoms with Gasteiger partial charge in [0.25, 0.3) is 0 Å². The topological polar surface area (TPSA) is 83.1 Å². The van der Waals surface area contributed by atoms with Crippen LogP contribution in [0.4, 0.5) is 5.69 Å². The minimum Gasteiger partial charge on any atom is -0.490 e. The van der Waals surface area contributed by atoms with E-state index in [1.165, 1.54) is 13.2 Å². The van der Waals surface area contributed by atoms with E-state index in [1.54, 1.807) is 16.8 Å². The van der Waals surface area contributed by atoms with Crippen LogP contribution < -0.4 is 4.74 Å². The first kappa shape index (κ1) is 15.4. The molecule has 0 saturated carbocycles. The average Bonchev–Trinajstić information content (AvgIpc) is 2.94. The van der Waals surface area contributed by atoms with Crippen molar-refractivity contribution in [3.05, 3.63) is 45.8 Å². The Morgan fingerprint density at radius 1 is 1.52 bits per heavy atom. The van der Waals surface area contributed by atoms with Crippen molar-refractivity contribution < 1.29 is 9.66 Å². The molecule has 21 heavy (non-hydrogen) atoms. The molecule has 8 heteroatoms. The predicted octanol–water partition coefficient (Wildman–Crippen LogP) is 3.09. The van der Waals surface area contributed by atoms with Crippen LogP contribution in [0.25, 0.3) is 0 Å². The van der Waals surface area contributed by atoms with Crippen LogP contribution in [-0.4, -0.2) is 27.0 Å². The van der Waals surface area contributed by atoms with E-state index in [4.69, 9.17) is 4.74 Å². The summed E-state index contributed by atoms with van der Waals surface area (Å²) in [5.74, 6) is 0.245. The highest BCUT2D eigenvalue weighted by atomic mass is 79.9. The summed E-state index contributed by atoms with van der Waals surface area (Å²) < 4.78 is 6.64. The van der Waals surface area contributed by atoms with E-state index in [9.17, 15) is 10.1 Å². The summed E-state index contributed by atoms with van der Waals surface area (Å²) in [4.78, 5) is 10.7. The Balaban J connectivity index is 2.21. The number of nitrogens with zero attached hydrogens (tertiary/aromatic N) is 4. The Bertz CT molecular complexity index is 644. The molecule has 7 nitrogen and oxygen atoms in total. The van der Waals surface area contributed by atoms with Crippen LogP contribution >= 0.6 is 15.9 Å². The van der Waals surface area contributed by atoms with Gasteiger partial charge in [0.1, 0.15) is 0 Å². The van der Waals surface area contributed by atoms with E-state index in [2.05, 4.69) is 26.2 Å². The molecule has 112 valence electrons. The minimum atomic E-state index is -0.458. The lowest BCUT2D eigenvalue weighted by molar-refractivity contribution is -0.385. The fraction of sp³-hybridized carbons (Fsp3) is 0.385. The zero-order valence-corrected chi connectivity index (χ0v) is 13.3. The molecule has 0 aliphatic heterocycles. The van der Waals surface area contributed by atoms with Gasteiger partial charge in [0.2, 0.25) is 0 Å². The van der Waals surface area contributed by atoms with Crippen LogP contribution in [0, 0.1) is 10.1 Å². The number of hydrogen-bond acceptors (Lipinski definition) is 5. The first-order valence-corrected chi connectivity index (χ1v) is 7.32. The molecule has 0 fully saturated rings. The maximum absolute atomic E-state index is 11.0. The molecule has 2 rings (SSSR count). The number of methoxy groups -OCH3 is 1. The molecule has 0 amide bonds. The molecule has 0 saturated heterocycles. The van der Waals surface area contributed by atoms with Crippen LogP contribution in [0.1, 0.15) is 29.4 Å². The van der Waals surface area contributed by atoms with Gasteiger partial charge in [-0.25, -0.2) is 4.68 Å². The molecule has 2 aromatic rings. The Labute approximate surface area is 130 Å². The molecule has 0 bridgehead atoms. The Hall–Kier alpha value is -1.96. The van der Waals surface area contributed by atoms with Crippen molar-refractivity contribution in [1.82, 2.24) is 15.0 Å². The van der Waals surface area contributed by atoms with Gasteiger partial charge in [-0.3, -0.25) is 10.1 Å². The summed E-state index contributed by atoms with van der Waals surface area (Å²) in [6, 6.07) is 4.86. The third-order valence-electron chi connectivity index (χ3n) is 3.02. The highest BCUT2D eigenvalue weighted by molar-refractivity contribution is 9.09. The van der Waals surface area contributed by atoms with E-state index in [0.717, 1.165) is 17.7 Å². The SMILES string of the molecule is CCC(Br)c1cn(Cc2ccc(OC)c([N+](=O)[O-])c2)nn1. The predicted molar refractivity (Wildman–Crippen MR) is 80.7 cm³/mol. The van der Waals surface area contributed by atoms with Crippen LogP contribution in [0.15, 0.2) is 24.4 Å². The summed E-state index contributed by atoms with van der Waals surface area (Å²) in [5, 5.41) is 19.1. The molecule has 0 radical (unpaired) electrons. The number of aromatic nitrogens is 3. The number of rotatable bonds is 6. The summed E-state index contributed by atoms with van der Waals surface area (Å²) >= 11 is 3.51. The normalized spacial score (nSPS) is 12.1. The number of benzene rings is 1. The van der Waals surface area contributed by atoms with Gasteiger partial charge < -0.3 is 4.74 Å². The summed E-state index contributed by atoms with van der Waals surface area (Å²) in [6.45, 7) is 2.46. The quantitative estimate of drug-likeness (QED) is 0.452. The van der Waals surface area contributed by atoms with Gasteiger partial charge in [-0.05, 0) is 18.1 Å². The number of ether oxygens (including phenoxy) is 1. The number of alkyl halides is 1. The van der Waals surface area contributed by atoms with Gasteiger partial charge in [0.15, 0.2) is 5.75 Å². The van der Waals surface area contributed by atoms with Crippen molar-refractivity contribution in [2.24, 2.45) is 0 Å². The van der Waals surface area contributed by atoms with Crippen LogP contribution in [-0.2, 0) is 6.54 Å². The zero-order valence-electron chi connectivity index (χ0n) is 11.7. The van der Waals surface area contributed by atoms with Gasteiger partial charge in [-0.2, -0.15) is 0 Å². The summed E-state index contributed by atoms with van der Waals surface area (Å²) in [7, 11) is 1.41. The van der Waals surface area contributed by atoms with Gasteiger partial charge in [0.05, 0.1) is 29.1 Å². The first-order valence-electron chi connectivity index (χ1n) is 6.40. The molecule has 1 heterocycles. The van der Waals surface area contributed by atoms with Crippen molar-refractivity contribution in [3.8, 4) is 5.75 Å². The molecule has 1 aromatic heterocycles. The largest absolute Gasteiger partial charge is 0.490 e. The summed E-state index contributed by atoms with van der Waals surface area (Å²) in [5.41, 5.74) is 1.56. The molecule has 1 aromatic carbocycles. The second-order valence-electron chi connectivity index (χ2n) is 4.48. The van der Waals surface area contributed by atoms with Crippen molar-refractivity contribution in [3.63, 3.8) is 0 Å². The lowest BCUT2D eigenvalue weighted by Gasteiger charge is -2.05. The Morgan fingerprint density at radius 2 is 2.29 bits per heavy atom. The third-order valence-corrected chi connectivity index (χ3v) is 4.14. The van der Waals surface area contributed by atoms with E-state index < -0.39 is 4.92 Å². The van der Waals surface area contributed by atoms with E-state index in [1.807, 2.05) is 13.1 Å². The second-order valence-corrected chi connectivity index (χ2v) is 5.59. The lowest BCUT2D eigenvalue weighted by atomic mass is 10.2. The standard InChI is InChI=1S/C13H15BrN4O3/c1-3-10(14)11-8-17(16-15-11)7-9-4-5-13(21-2)12(6-9)18(19)20/h4-6,8,10H,3,7H2,1-2H3. The van der Waals surface area contributed by atoms with Crippen molar-refractivity contribution in [2.75, 3.05) is 7.11 Å². The van der Waals surface area contributed by atoms with E-state index in [0.29, 0.717) is 6.54 Å². The molecule has 1 atom stereocenters. The molecule has 1 unspecified atom stereocenters. The Morgan fingerprint density at radius 3 is 2.90 bits per heavy atom. The Kier molecular flexibility index (Phi) is 4.89. The highest BCUT2D eigenvalue weighted by Crippen LogP contribution is 2.28. The number of nitro benzene ring substituents is 1. The van der Waals surface area contributed by atoms with Crippen molar-refractivity contribution in [1.29, 1.82) is 0 Å². The van der Waals surface area contributed by atoms with E-state index in [-0.39, 0.29) is 16.3 Å². The van der Waals surface area contributed by atoms with Crippen LogP contribution in [0.5, 0.6) is 5.75 Å². The molecular weight excluding hydrogens is 340 g/mol. The molecule has 0 spiro atoms. The third kappa shape index (κ3) is 3.57. The number of nitro groups is 1. The zero-order chi connectivity index (χ0) is 15.4. The minimum absolute atomic E-state index is 0.0535. The van der Waals surface area contributed by atoms with Gasteiger partial charge in [-0.15, -0.1) is 5.10 Å². The van der Waals surface area contributed by atoms with Crippen molar-refractivity contribution in [2.45, 2.75) is 24.7 Å². The maximum Gasteiger partial charge on any atom is 0.311 e. The average molecular weight is 355 g/mol. The van der Waals surface area contributed by atoms with Crippen molar-refractivity contribution >= 4 is 21.6 Å². The molecular formula is C13H15BrN4O3. The molecule has 0 aliphatic carbocycles. The van der Waals surface area contributed by atoms with Crippen LogP contribution in [0.3, 0.4) is 0 Å². The van der Waals surface area contributed by atoms with Gasteiger partial charge >= 0.3 is 5.69 Å². The molecule has 0 aliphatic rings. The maximum atomic E-state index is 11.0. The second kappa shape index (κ2) is 6.66. The van der Waals surface area contributed by atoms with Gasteiger partial charge in [0, 0.05) is 12.3 Å². The fourth-order valence-electron chi connectivity index (χ4n) is 1.91. The van der Waals surface area contributed by atoms with Crippen LogP contribution in [0.2, 0.25) is 0 Å². The van der Waals surface area contributed by atoms with E-state index >= 15 is 0 Å². The fourth-order valence-corrected chi connectivity index (χ4v) is 2.12. The molecule has 0 N–H and O–H groups in total. The lowest BCUT2D eigenvalue weighted by Crippen LogP contribution is -2.02.